The third-order valence-corrected chi connectivity index (χ3v) is 5.15. The first-order valence-corrected chi connectivity index (χ1v) is 10.3. The van der Waals surface area contributed by atoms with Crippen molar-refractivity contribution >= 4 is 33.5 Å². The third kappa shape index (κ3) is 4.03. The lowest BCUT2D eigenvalue weighted by molar-refractivity contribution is -0.148. The average Bonchev–Trinajstić information content (AvgIpc) is 3.68. The van der Waals surface area contributed by atoms with Gasteiger partial charge in [-0.15, -0.1) is 0 Å². The molecule has 5 rings (SSSR count). The first kappa shape index (κ1) is 18.7. The predicted octanol–water partition coefficient (Wildman–Crippen LogP) is 4.16. The Labute approximate surface area is 173 Å². The van der Waals surface area contributed by atoms with Crippen LogP contribution < -0.4 is 9.47 Å². The van der Waals surface area contributed by atoms with E-state index in [1.165, 1.54) is 0 Å². The van der Waals surface area contributed by atoms with Crippen LogP contribution in [0, 0.1) is 0 Å². The van der Waals surface area contributed by atoms with E-state index in [0.29, 0.717) is 11.5 Å². The van der Waals surface area contributed by atoms with Gasteiger partial charge in [-0.05, 0) is 25.7 Å². The summed E-state index contributed by atoms with van der Waals surface area (Å²) in [4.78, 5) is 24.1. The zero-order valence-corrected chi connectivity index (χ0v) is 16.5. The molecular weight excluding hydrogens is 384 g/mol. The number of carbonyl (C=O) groups is 2. The summed E-state index contributed by atoms with van der Waals surface area (Å²) in [7, 11) is 0. The van der Waals surface area contributed by atoms with E-state index < -0.39 is 0 Å². The molecule has 0 aromatic heterocycles. The molecular formula is C24H22O6. The average molecular weight is 406 g/mol. The van der Waals surface area contributed by atoms with Crippen LogP contribution in [-0.4, -0.2) is 37.4 Å². The van der Waals surface area contributed by atoms with Crippen LogP contribution in [0.1, 0.15) is 25.7 Å². The highest BCUT2D eigenvalue weighted by Crippen LogP contribution is 2.42. The van der Waals surface area contributed by atoms with Gasteiger partial charge in [0.25, 0.3) is 0 Å². The largest absolute Gasteiger partial charge is 0.481 e. The van der Waals surface area contributed by atoms with Gasteiger partial charge in [0.15, 0.2) is 13.2 Å². The van der Waals surface area contributed by atoms with Gasteiger partial charge in [0.2, 0.25) is 0 Å². The van der Waals surface area contributed by atoms with Gasteiger partial charge < -0.3 is 18.9 Å². The monoisotopic (exact) mass is 406 g/mol. The Morgan fingerprint density at radius 1 is 0.633 bits per heavy atom. The molecule has 2 saturated carbocycles. The van der Waals surface area contributed by atoms with Crippen LogP contribution in [0.5, 0.6) is 11.5 Å². The molecule has 6 heteroatoms. The van der Waals surface area contributed by atoms with Crippen LogP contribution in [0.4, 0.5) is 0 Å². The van der Waals surface area contributed by atoms with Crippen LogP contribution in [0.15, 0.2) is 48.5 Å². The minimum atomic E-state index is -0.367. The Kier molecular flexibility index (Phi) is 4.91. The van der Waals surface area contributed by atoms with Gasteiger partial charge in [-0.25, -0.2) is 9.59 Å². The lowest BCUT2D eigenvalue weighted by Crippen LogP contribution is -2.17. The number of rotatable bonds is 8. The van der Waals surface area contributed by atoms with Crippen molar-refractivity contribution < 1.29 is 28.5 Å². The fourth-order valence-corrected chi connectivity index (χ4v) is 3.43. The van der Waals surface area contributed by atoms with E-state index in [4.69, 9.17) is 18.9 Å². The number of hydrogen-bond donors (Lipinski definition) is 0. The third-order valence-electron chi connectivity index (χ3n) is 5.15. The minimum absolute atomic E-state index is 0.0424. The van der Waals surface area contributed by atoms with E-state index in [-0.39, 0.29) is 37.4 Å². The molecule has 0 aliphatic heterocycles. The molecule has 0 amide bonds. The van der Waals surface area contributed by atoms with Gasteiger partial charge >= 0.3 is 11.9 Å². The predicted molar refractivity (Wildman–Crippen MR) is 111 cm³/mol. The van der Waals surface area contributed by atoms with E-state index in [0.717, 1.165) is 47.2 Å². The zero-order chi connectivity index (χ0) is 20.5. The number of hydrogen-bond acceptors (Lipinski definition) is 6. The molecule has 3 aromatic rings. The van der Waals surface area contributed by atoms with Gasteiger partial charge in [0, 0.05) is 21.5 Å². The Hall–Kier alpha value is -3.28. The van der Waals surface area contributed by atoms with Gasteiger partial charge in [-0.1, -0.05) is 48.5 Å². The van der Waals surface area contributed by atoms with Crippen molar-refractivity contribution in [1.82, 2.24) is 0 Å². The Bertz CT molecular complexity index is 968. The molecule has 0 bridgehead atoms. The summed E-state index contributed by atoms with van der Waals surface area (Å²) in [5.41, 5.74) is 0. The molecule has 2 aliphatic carbocycles. The van der Waals surface area contributed by atoms with Crippen LogP contribution in [-0.2, 0) is 19.1 Å². The van der Waals surface area contributed by atoms with Crippen molar-refractivity contribution in [3.8, 4) is 11.5 Å². The minimum Gasteiger partial charge on any atom is -0.481 e. The second-order valence-corrected chi connectivity index (χ2v) is 7.71. The van der Waals surface area contributed by atoms with Crippen molar-refractivity contribution in [3.63, 3.8) is 0 Å². The molecule has 154 valence electrons. The molecule has 30 heavy (non-hydrogen) atoms. The van der Waals surface area contributed by atoms with Gasteiger partial charge in [-0.3, -0.25) is 0 Å². The molecule has 0 radical (unpaired) electrons. The lowest BCUT2D eigenvalue weighted by Gasteiger charge is -2.17. The number of carbonyl (C=O) groups excluding carboxylic acids is 2. The summed E-state index contributed by atoms with van der Waals surface area (Å²) in [6.45, 7) is -0.309. The fourth-order valence-electron chi connectivity index (χ4n) is 3.43. The highest BCUT2D eigenvalue weighted by molar-refractivity contribution is 6.11. The summed E-state index contributed by atoms with van der Waals surface area (Å²) < 4.78 is 22.5. The highest BCUT2D eigenvalue weighted by Gasteiger charge is 2.27. The van der Waals surface area contributed by atoms with Crippen molar-refractivity contribution in [2.24, 2.45) is 0 Å². The number of benzene rings is 3. The van der Waals surface area contributed by atoms with Gasteiger partial charge in [0.05, 0.1) is 0 Å². The Balaban J connectivity index is 1.48. The number of esters is 2. The summed E-state index contributed by atoms with van der Waals surface area (Å²) in [5, 5.41) is 3.23. The van der Waals surface area contributed by atoms with E-state index in [9.17, 15) is 9.59 Å². The molecule has 0 spiro atoms. The second-order valence-electron chi connectivity index (χ2n) is 7.71. The van der Waals surface area contributed by atoms with Crippen LogP contribution in [0.25, 0.3) is 21.5 Å². The molecule has 0 N–H and O–H groups in total. The quantitative estimate of drug-likeness (QED) is 0.413. The first-order valence-electron chi connectivity index (χ1n) is 10.3. The van der Waals surface area contributed by atoms with Crippen LogP contribution in [0.3, 0.4) is 0 Å². The molecule has 0 heterocycles. The van der Waals surface area contributed by atoms with Crippen molar-refractivity contribution in [1.29, 1.82) is 0 Å². The molecule has 2 fully saturated rings. The molecule has 0 atom stereocenters. The maximum atomic E-state index is 12.1. The molecule has 0 saturated heterocycles. The van der Waals surface area contributed by atoms with Crippen LogP contribution in [0.2, 0.25) is 0 Å². The standard InChI is InChI=1S/C24H22O6/c25-21(29-15-9-10-15)13-27-23-17-5-1-2-6-18(17)24(20-8-4-3-7-19(20)23)28-14-22(26)30-16-11-12-16/h1-8,15-16H,9-14H2. The smallest absolute Gasteiger partial charge is 0.344 e. The highest BCUT2D eigenvalue weighted by atomic mass is 16.6. The lowest BCUT2D eigenvalue weighted by atomic mass is 10.0. The zero-order valence-electron chi connectivity index (χ0n) is 16.5. The summed E-state index contributed by atoms with van der Waals surface area (Å²) in [6, 6.07) is 15.3. The SMILES string of the molecule is O=C(COc1c2ccccc2c(OCC(=O)OC2CC2)c2ccccc12)OC1CC1. The van der Waals surface area contributed by atoms with Crippen molar-refractivity contribution in [2.45, 2.75) is 37.9 Å². The van der Waals surface area contributed by atoms with E-state index in [2.05, 4.69) is 0 Å². The van der Waals surface area contributed by atoms with Gasteiger partial charge in [-0.2, -0.15) is 0 Å². The molecule has 3 aromatic carbocycles. The Morgan fingerprint density at radius 3 is 1.27 bits per heavy atom. The van der Waals surface area contributed by atoms with E-state index in [1.54, 1.807) is 0 Å². The molecule has 0 unspecified atom stereocenters. The molecule has 6 nitrogen and oxygen atoms in total. The van der Waals surface area contributed by atoms with Gasteiger partial charge in [0.1, 0.15) is 23.7 Å². The maximum absolute atomic E-state index is 12.1. The van der Waals surface area contributed by atoms with Crippen molar-refractivity contribution in [2.75, 3.05) is 13.2 Å². The Morgan fingerprint density at radius 2 is 0.967 bits per heavy atom. The van der Waals surface area contributed by atoms with E-state index in [1.807, 2.05) is 48.5 Å². The summed E-state index contributed by atoms with van der Waals surface area (Å²) in [5.74, 6) is 0.464. The summed E-state index contributed by atoms with van der Waals surface area (Å²) in [6.07, 6.45) is 3.78. The van der Waals surface area contributed by atoms with Crippen LogP contribution >= 0.6 is 0 Å². The number of fused-ring (bicyclic) bond motifs is 2. The molecule has 2 aliphatic rings. The topological polar surface area (TPSA) is 71.1 Å². The normalized spacial score (nSPS) is 15.7. The second kappa shape index (κ2) is 7.86. The van der Waals surface area contributed by atoms with Crippen molar-refractivity contribution in [3.05, 3.63) is 48.5 Å². The van der Waals surface area contributed by atoms with E-state index >= 15 is 0 Å². The first-order chi connectivity index (χ1) is 14.7. The maximum Gasteiger partial charge on any atom is 0.344 e. The summed E-state index contributed by atoms with van der Waals surface area (Å²) >= 11 is 0. The number of ether oxygens (including phenoxy) is 4. The fraction of sp³-hybridized carbons (Fsp3) is 0.333.